The summed E-state index contributed by atoms with van der Waals surface area (Å²) in [5, 5.41) is 12.9. The highest BCUT2D eigenvalue weighted by Gasteiger charge is 2.30. The molecule has 0 bridgehead atoms. The van der Waals surface area contributed by atoms with E-state index in [-0.39, 0.29) is 18.0 Å². The number of benzene rings is 1. The van der Waals surface area contributed by atoms with Gasteiger partial charge in [0.15, 0.2) is 5.65 Å². The number of methoxy groups -OCH3 is 1. The molecule has 1 aromatic carbocycles. The van der Waals surface area contributed by atoms with Crippen LogP contribution in [-0.4, -0.2) is 56.4 Å². The van der Waals surface area contributed by atoms with Crippen LogP contribution in [0.1, 0.15) is 19.3 Å². The topological polar surface area (TPSA) is 107 Å². The molecule has 2 N–H and O–H groups in total. The first-order chi connectivity index (χ1) is 15.6. The maximum atomic E-state index is 11.8. The molecule has 32 heavy (non-hydrogen) atoms. The highest BCUT2D eigenvalue weighted by atomic mass is 79.9. The van der Waals surface area contributed by atoms with Crippen LogP contribution in [0.5, 0.6) is 0 Å². The van der Waals surface area contributed by atoms with E-state index in [4.69, 9.17) is 9.72 Å². The predicted octanol–water partition coefficient (Wildman–Crippen LogP) is 3.22. The number of carbonyl (C=O) groups is 1. The molecule has 1 saturated carbocycles. The number of hydrogen-bond acceptors (Lipinski definition) is 7. The van der Waals surface area contributed by atoms with E-state index < -0.39 is 0 Å². The third-order valence-electron chi connectivity index (χ3n) is 5.58. The van der Waals surface area contributed by atoms with E-state index in [9.17, 15) is 4.79 Å². The molecule has 0 unspecified atom stereocenters. The zero-order valence-corrected chi connectivity index (χ0v) is 19.0. The molecule has 0 radical (unpaired) electrons. The van der Waals surface area contributed by atoms with Crippen molar-refractivity contribution < 1.29 is 9.53 Å². The summed E-state index contributed by atoms with van der Waals surface area (Å²) < 4.78 is 7.43. The Labute approximate surface area is 192 Å². The van der Waals surface area contributed by atoms with Gasteiger partial charge in [0.1, 0.15) is 4.60 Å². The first kappa shape index (κ1) is 20.8. The molecule has 0 atom stereocenters. The Balaban J connectivity index is 1.32. The lowest BCUT2D eigenvalue weighted by atomic mass is 9.87. The molecule has 1 aliphatic carbocycles. The van der Waals surface area contributed by atoms with E-state index in [0.29, 0.717) is 29.2 Å². The maximum absolute atomic E-state index is 11.8. The zero-order valence-electron chi connectivity index (χ0n) is 17.5. The second kappa shape index (κ2) is 8.79. The molecule has 10 heteroatoms. The van der Waals surface area contributed by atoms with Crippen molar-refractivity contribution in [2.75, 3.05) is 19.0 Å². The number of rotatable bonds is 7. The number of aromatic nitrogens is 5. The number of fused-ring (bicyclic) bond motifs is 2. The van der Waals surface area contributed by atoms with Crippen molar-refractivity contribution in [3.63, 3.8) is 0 Å². The van der Waals surface area contributed by atoms with Gasteiger partial charge in [0.2, 0.25) is 11.9 Å². The fourth-order valence-corrected chi connectivity index (χ4v) is 4.28. The largest absolute Gasteiger partial charge is 0.384 e. The molecule has 0 spiro atoms. The first-order valence-corrected chi connectivity index (χ1v) is 11.2. The van der Waals surface area contributed by atoms with Crippen LogP contribution in [0.2, 0.25) is 0 Å². The molecule has 3 heterocycles. The molecule has 0 aliphatic heterocycles. The second-order valence-electron chi connectivity index (χ2n) is 7.83. The average molecular weight is 496 g/mol. The standard InChI is InChI=1S/C22H22BrN7O2/c1-32-8-6-19(31)26-14-10-15(11-14)27-22-25-12-17-20(23)29-30(21(17)28-22)16-4-5-18-13(9-16)3-2-7-24-18/h2-5,7,9,12,14-15H,6,8,10-11H2,1H3,(H,26,31)(H,25,27,28)/t14-,15-. The van der Waals surface area contributed by atoms with Gasteiger partial charge in [-0.1, -0.05) is 6.07 Å². The zero-order chi connectivity index (χ0) is 22.1. The Morgan fingerprint density at radius 3 is 2.97 bits per heavy atom. The average Bonchev–Trinajstić information content (AvgIpc) is 3.11. The molecule has 3 aromatic heterocycles. The van der Waals surface area contributed by atoms with Crippen LogP contribution in [-0.2, 0) is 9.53 Å². The lowest BCUT2D eigenvalue weighted by Gasteiger charge is -2.36. The monoisotopic (exact) mass is 495 g/mol. The minimum atomic E-state index is 0.0207. The van der Waals surface area contributed by atoms with Crippen LogP contribution in [0.3, 0.4) is 0 Å². The molecular weight excluding hydrogens is 474 g/mol. The molecular formula is C22H22BrN7O2. The SMILES string of the molecule is COCCC(=O)N[C@H]1C[C@H](Nc2ncc3c(Br)nn(-c4ccc5ncccc5c4)c3n2)C1. The van der Waals surface area contributed by atoms with Crippen LogP contribution in [0, 0.1) is 0 Å². The third kappa shape index (κ3) is 4.15. The van der Waals surface area contributed by atoms with E-state index in [1.807, 2.05) is 30.3 Å². The highest BCUT2D eigenvalue weighted by Crippen LogP contribution is 2.28. The van der Waals surface area contributed by atoms with Crippen LogP contribution >= 0.6 is 15.9 Å². The predicted molar refractivity (Wildman–Crippen MR) is 125 cm³/mol. The van der Waals surface area contributed by atoms with E-state index in [2.05, 4.69) is 41.6 Å². The van der Waals surface area contributed by atoms with Gasteiger partial charge in [0.05, 0.1) is 23.2 Å². The van der Waals surface area contributed by atoms with E-state index in [0.717, 1.165) is 34.8 Å². The van der Waals surface area contributed by atoms with Gasteiger partial charge in [0.25, 0.3) is 0 Å². The van der Waals surface area contributed by atoms with Crippen molar-refractivity contribution in [1.82, 2.24) is 30.0 Å². The fraction of sp³-hybridized carbons (Fsp3) is 0.318. The maximum Gasteiger partial charge on any atom is 0.224 e. The number of ether oxygens (including phenoxy) is 1. The fourth-order valence-electron chi connectivity index (χ4n) is 3.84. The summed E-state index contributed by atoms with van der Waals surface area (Å²) in [5.74, 6) is 0.565. The molecule has 5 rings (SSSR count). The van der Waals surface area contributed by atoms with Crippen molar-refractivity contribution in [2.45, 2.75) is 31.3 Å². The van der Waals surface area contributed by atoms with E-state index >= 15 is 0 Å². The van der Waals surface area contributed by atoms with Crippen LogP contribution in [0.25, 0.3) is 27.6 Å². The summed E-state index contributed by atoms with van der Waals surface area (Å²) in [5.41, 5.74) is 2.53. The number of carbonyl (C=O) groups excluding carboxylic acids is 1. The number of amides is 1. The van der Waals surface area contributed by atoms with E-state index in [1.165, 1.54) is 0 Å². The number of anilines is 1. The van der Waals surface area contributed by atoms with Crippen LogP contribution in [0.15, 0.2) is 47.3 Å². The number of pyridine rings is 1. The van der Waals surface area contributed by atoms with Gasteiger partial charge in [-0.2, -0.15) is 10.1 Å². The number of nitrogens with one attached hydrogen (secondary N) is 2. The van der Waals surface area contributed by atoms with Gasteiger partial charge in [-0.3, -0.25) is 9.78 Å². The Morgan fingerprint density at radius 1 is 1.25 bits per heavy atom. The summed E-state index contributed by atoms with van der Waals surface area (Å²) in [6, 6.07) is 10.3. The first-order valence-electron chi connectivity index (χ1n) is 10.4. The molecule has 1 aliphatic rings. The summed E-state index contributed by atoms with van der Waals surface area (Å²) in [6.45, 7) is 0.436. The second-order valence-corrected chi connectivity index (χ2v) is 8.58. The number of nitrogens with zero attached hydrogens (tertiary/aromatic N) is 5. The summed E-state index contributed by atoms with van der Waals surface area (Å²) >= 11 is 3.52. The third-order valence-corrected chi connectivity index (χ3v) is 6.17. The molecule has 164 valence electrons. The lowest BCUT2D eigenvalue weighted by molar-refractivity contribution is -0.123. The lowest BCUT2D eigenvalue weighted by Crippen LogP contribution is -2.50. The van der Waals surface area contributed by atoms with Gasteiger partial charge < -0.3 is 15.4 Å². The Bertz CT molecular complexity index is 1290. The van der Waals surface area contributed by atoms with Crippen molar-refractivity contribution >= 4 is 49.7 Å². The van der Waals surface area contributed by atoms with Gasteiger partial charge in [-0.25, -0.2) is 9.67 Å². The summed E-state index contributed by atoms with van der Waals surface area (Å²) in [7, 11) is 1.59. The summed E-state index contributed by atoms with van der Waals surface area (Å²) in [4.78, 5) is 25.4. The molecule has 1 fully saturated rings. The minimum Gasteiger partial charge on any atom is -0.384 e. The van der Waals surface area contributed by atoms with Gasteiger partial charge in [-0.05, 0) is 53.0 Å². The van der Waals surface area contributed by atoms with Gasteiger partial charge in [0, 0.05) is 43.4 Å². The molecule has 1 amide bonds. The molecule has 0 saturated heterocycles. The molecule has 9 nitrogen and oxygen atoms in total. The van der Waals surface area contributed by atoms with Gasteiger partial charge in [-0.15, -0.1) is 0 Å². The Hall–Kier alpha value is -3.11. The normalized spacial score (nSPS) is 17.9. The number of halogens is 1. The van der Waals surface area contributed by atoms with Gasteiger partial charge >= 0.3 is 0 Å². The van der Waals surface area contributed by atoms with Crippen molar-refractivity contribution in [3.8, 4) is 5.69 Å². The quantitative estimate of drug-likeness (QED) is 0.405. The van der Waals surface area contributed by atoms with E-state index in [1.54, 1.807) is 24.2 Å². The molecule has 4 aromatic rings. The highest BCUT2D eigenvalue weighted by molar-refractivity contribution is 9.10. The Kier molecular flexibility index (Phi) is 5.71. The minimum absolute atomic E-state index is 0.0207. The smallest absolute Gasteiger partial charge is 0.224 e. The number of hydrogen-bond donors (Lipinski definition) is 2. The van der Waals surface area contributed by atoms with Crippen molar-refractivity contribution in [2.24, 2.45) is 0 Å². The van der Waals surface area contributed by atoms with Crippen molar-refractivity contribution in [3.05, 3.63) is 47.3 Å². The Morgan fingerprint density at radius 2 is 2.12 bits per heavy atom. The van der Waals surface area contributed by atoms with Crippen LogP contribution in [0.4, 0.5) is 5.95 Å². The van der Waals surface area contributed by atoms with Crippen LogP contribution < -0.4 is 10.6 Å². The van der Waals surface area contributed by atoms with Crippen molar-refractivity contribution in [1.29, 1.82) is 0 Å². The summed E-state index contributed by atoms with van der Waals surface area (Å²) in [6.07, 6.45) is 5.60.